The van der Waals surface area contributed by atoms with E-state index in [1.54, 1.807) is 20.3 Å². The Hall–Kier alpha value is -2.03. The fourth-order valence-corrected chi connectivity index (χ4v) is 4.72. The number of benzene rings is 1. The maximum absolute atomic E-state index is 10.8. The van der Waals surface area contributed by atoms with Crippen molar-refractivity contribution in [1.29, 1.82) is 0 Å². The zero-order chi connectivity index (χ0) is 22.8. The van der Waals surface area contributed by atoms with E-state index in [-0.39, 0.29) is 5.54 Å². The third-order valence-corrected chi connectivity index (χ3v) is 6.56. The van der Waals surface area contributed by atoms with E-state index < -0.39 is 6.10 Å². The second-order valence-electron chi connectivity index (χ2n) is 8.62. The van der Waals surface area contributed by atoms with Gasteiger partial charge in [-0.2, -0.15) is 0 Å². The van der Waals surface area contributed by atoms with Crippen molar-refractivity contribution >= 4 is 5.96 Å². The lowest BCUT2D eigenvalue weighted by molar-refractivity contribution is -0.0333. The number of nitrogens with zero attached hydrogens (tertiary/aromatic N) is 2. The van der Waals surface area contributed by atoms with Gasteiger partial charge in [-0.25, -0.2) is 0 Å². The maximum atomic E-state index is 10.8. The third-order valence-electron chi connectivity index (χ3n) is 6.56. The summed E-state index contributed by atoms with van der Waals surface area (Å²) < 4.78 is 16.2. The highest BCUT2D eigenvalue weighted by atomic mass is 16.5. The molecule has 32 heavy (non-hydrogen) atoms. The molecule has 0 aromatic heterocycles. The number of methoxy groups -OCH3 is 2. The summed E-state index contributed by atoms with van der Waals surface area (Å²) in [6.07, 6.45) is 5.47. The lowest BCUT2D eigenvalue weighted by Gasteiger charge is -2.47. The van der Waals surface area contributed by atoms with Crippen LogP contribution in [-0.2, 0) is 4.74 Å². The minimum Gasteiger partial charge on any atom is -0.497 e. The Morgan fingerprint density at radius 3 is 2.34 bits per heavy atom. The number of ether oxygens (including phenoxy) is 3. The van der Waals surface area contributed by atoms with Gasteiger partial charge in [-0.1, -0.05) is 19.3 Å². The number of hydrogen-bond acceptors (Lipinski definition) is 6. The number of aliphatic hydroxyl groups is 1. The normalized spacial score (nSPS) is 20.4. The molecule has 1 saturated carbocycles. The first-order valence-corrected chi connectivity index (χ1v) is 11.9. The van der Waals surface area contributed by atoms with Crippen molar-refractivity contribution in [3.63, 3.8) is 0 Å². The van der Waals surface area contributed by atoms with E-state index in [4.69, 9.17) is 19.2 Å². The van der Waals surface area contributed by atoms with Gasteiger partial charge in [-0.15, -0.1) is 0 Å². The highest BCUT2D eigenvalue weighted by Crippen LogP contribution is 2.34. The molecule has 1 atom stereocenters. The fourth-order valence-electron chi connectivity index (χ4n) is 4.72. The van der Waals surface area contributed by atoms with Crippen LogP contribution in [0.4, 0.5) is 0 Å². The Morgan fingerprint density at radius 1 is 1.09 bits per heavy atom. The molecule has 1 saturated heterocycles. The molecule has 1 aliphatic heterocycles. The number of morpholine rings is 1. The summed E-state index contributed by atoms with van der Waals surface area (Å²) in [4.78, 5) is 7.57. The van der Waals surface area contributed by atoms with Crippen LogP contribution in [0.15, 0.2) is 23.2 Å². The Kier molecular flexibility index (Phi) is 9.44. The van der Waals surface area contributed by atoms with E-state index in [1.165, 1.54) is 32.1 Å². The van der Waals surface area contributed by atoms with Crippen LogP contribution in [0.25, 0.3) is 0 Å². The van der Waals surface area contributed by atoms with Gasteiger partial charge in [0, 0.05) is 37.8 Å². The molecular formula is C24H40N4O4. The van der Waals surface area contributed by atoms with Crippen molar-refractivity contribution in [1.82, 2.24) is 15.5 Å². The number of aliphatic imine (C=N–C) groups is 1. The van der Waals surface area contributed by atoms with Crippen molar-refractivity contribution in [2.24, 2.45) is 4.99 Å². The molecule has 0 amide bonds. The first-order chi connectivity index (χ1) is 15.6. The molecule has 3 N–H and O–H groups in total. The van der Waals surface area contributed by atoms with Crippen LogP contribution in [0.1, 0.15) is 50.7 Å². The maximum Gasteiger partial charge on any atom is 0.191 e. The molecule has 0 bridgehead atoms. The molecule has 0 spiro atoms. The second-order valence-corrected chi connectivity index (χ2v) is 8.62. The number of hydrogen-bond donors (Lipinski definition) is 3. The summed E-state index contributed by atoms with van der Waals surface area (Å²) in [7, 11) is 3.21. The summed E-state index contributed by atoms with van der Waals surface area (Å²) >= 11 is 0. The van der Waals surface area contributed by atoms with Gasteiger partial charge in [0.2, 0.25) is 0 Å². The van der Waals surface area contributed by atoms with Crippen LogP contribution in [0.5, 0.6) is 11.5 Å². The molecule has 1 unspecified atom stereocenters. The molecule has 2 aliphatic rings. The summed E-state index contributed by atoms with van der Waals surface area (Å²) in [5, 5.41) is 17.4. The molecule has 0 radical (unpaired) electrons. The molecule has 8 heteroatoms. The molecule has 8 nitrogen and oxygen atoms in total. The molecular weight excluding hydrogens is 408 g/mol. The van der Waals surface area contributed by atoms with Crippen LogP contribution in [0.2, 0.25) is 0 Å². The first kappa shape index (κ1) is 24.6. The van der Waals surface area contributed by atoms with Crippen LogP contribution >= 0.6 is 0 Å². The average molecular weight is 449 g/mol. The zero-order valence-electron chi connectivity index (χ0n) is 19.9. The van der Waals surface area contributed by atoms with E-state index in [2.05, 4.69) is 22.5 Å². The average Bonchev–Trinajstić information content (AvgIpc) is 2.86. The Balaban J connectivity index is 1.67. The molecule has 180 valence electrons. The minimum atomic E-state index is -0.717. The van der Waals surface area contributed by atoms with Gasteiger partial charge in [0.15, 0.2) is 5.96 Å². The quantitative estimate of drug-likeness (QED) is 0.395. The van der Waals surface area contributed by atoms with Gasteiger partial charge >= 0.3 is 0 Å². The van der Waals surface area contributed by atoms with Crippen LogP contribution < -0.4 is 20.1 Å². The highest BCUT2D eigenvalue weighted by molar-refractivity contribution is 5.79. The largest absolute Gasteiger partial charge is 0.497 e. The zero-order valence-corrected chi connectivity index (χ0v) is 19.9. The van der Waals surface area contributed by atoms with E-state index in [1.807, 2.05) is 12.1 Å². The summed E-state index contributed by atoms with van der Waals surface area (Å²) in [5.41, 5.74) is 0.852. The van der Waals surface area contributed by atoms with Gasteiger partial charge in [0.05, 0.1) is 40.1 Å². The van der Waals surface area contributed by atoms with E-state index >= 15 is 0 Å². The predicted octanol–water partition coefficient (Wildman–Crippen LogP) is 2.33. The van der Waals surface area contributed by atoms with Crippen molar-refractivity contribution in [2.75, 3.05) is 60.2 Å². The molecule has 1 heterocycles. The van der Waals surface area contributed by atoms with E-state index in [9.17, 15) is 5.11 Å². The smallest absolute Gasteiger partial charge is 0.191 e. The molecule has 1 aliphatic carbocycles. The topological polar surface area (TPSA) is 87.6 Å². The minimum absolute atomic E-state index is 0.114. The highest BCUT2D eigenvalue weighted by Gasteiger charge is 2.38. The van der Waals surface area contributed by atoms with Gasteiger partial charge in [-0.05, 0) is 37.5 Å². The number of nitrogens with one attached hydrogen (secondary N) is 2. The summed E-state index contributed by atoms with van der Waals surface area (Å²) in [6.45, 7) is 7.49. The molecule has 1 aromatic carbocycles. The van der Waals surface area contributed by atoms with Crippen molar-refractivity contribution < 1.29 is 19.3 Å². The molecule has 2 fully saturated rings. The summed E-state index contributed by atoms with van der Waals surface area (Å²) in [5.74, 6) is 2.05. The lowest BCUT2D eigenvalue weighted by Crippen LogP contribution is -2.56. The fraction of sp³-hybridized carbons (Fsp3) is 0.708. The van der Waals surface area contributed by atoms with Gasteiger partial charge in [-0.3, -0.25) is 9.89 Å². The Labute approximate surface area is 192 Å². The van der Waals surface area contributed by atoms with Gasteiger partial charge in [0.25, 0.3) is 0 Å². The predicted molar refractivity (Wildman–Crippen MR) is 127 cm³/mol. The van der Waals surface area contributed by atoms with E-state index in [0.29, 0.717) is 18.0 Å². The molecule has 3 rings (SSSR count). The van der Waals surface area contributed by atoms with Crippen LogP contribution in [0, 0.1) is 0 Å². The summed E-state index contributed by atoms with van der Waals surface area (Å²) in [6, 6.07) is 5.45. The first-order valence-electron chi connectivity index (χ1n) is 11.9. The number of aliphatic hydroxyl groups excluding tert-OH is 1. The Morgan fingerprint density at radius 2 is 1.75 bits per heavy atom. The van der Waals surface area contributed by atoms with E-state index in [0.717, 1.165) is 50.9 Å². The van der Waals surface area contributed by atoms with Crippen molar-refractivity contribution in [3.05, 3.63) is 23.8 Å². The molecule has 1 aromatic rings. The number of guanidine groups is 1. The second kappa shape index (κ2) is 12.3. The monoisotopic (exact) mass is 448 g/mol. The van der Waals surface area contributed by atoms with Gasteiger partial charge in [0.1, 0.15) is 11.5 Å². The van der Waals surface area contributed by atoms with Gasteiger partial charge < -0.3 is 30.0 Å². The lowest BCUT2D eigenvalue weighted by atomic mass is 9.80. The van der Waals surface area contributed by atoms with Crippen molar-refractivity contribution in [2.45, 2.75) is 50.7 Å². The third kappa shape index (κ3) is 6.49. The number of rotatable bonds is 9. The van der Waals surface area contributed by atoms with Crippen molar-refractivity contribution in [3.8, 4) is 11.5 Å². The standard InChI is InChI=1S/C24H40N4O4/c1-4-25-23(26-17-22(29)19-14-20(30-2)16-21(15-19)31-3)27-18-24(8-6-5-7-9-24)28-10-12-32-13-11-28/h14-16,22,29H,4-13,17-18H2,1-3H3,(H2,25,26,27). The Bertz CT molecular complexity index is 708. The van der Waals surface area contributed by atoms with Crippen LogP contribution in [-0.4, -0.2) is 81.7 Å². The van der Waals surface area contributed by atoms with Crippen LogP contribution in [0.3, 0.4) is 0 Å². The SMILES string of the molecule is CCNC(=NCC1(N2CCOCC2)CCCCC1)NCC(O)c1cc(OC)cc(OC)c1.